The molecule has 0 aliphatic heterocycles. The Bertz CT molecular complexity index is 783. The highest BCUT2D eigenvalue weighted by molar-refractivity contribution is 7.17. The number of rotatable bonds is 3. The molecule has 19 heavy (non-hydrogen) atoms. The molecule has 6 heteroatoms. The first-order chi connectivity index (χ1) is 9.16. The standard InChI is InChI=1S/C13H14N4OS/c1-9-7-19-12-11(9)15-8-17(13(12)18)5-3-10-14-4-6-16(10)2/h4,6-8H,3,5H2,1-2H3. The van der Waals surface area contributed by atoms with Crippen LogP contribution in [0.4, 0.5) is 0 Å². The van der Waals surface area contributed by atoms with Gasteiger partial charge < -0.3 is 4.57 Å². The number of aromatic nitrogens is 4. The number of fused-ring (bicyclic) bond motifs is 1. The second kappa shape index (κ2) is 4.62. The first-order valence-electron chi connectivity index (χ1n) is 6.06. The summed E-state index contributed by atoms with van der Waals surface area (Å²) in [5.41, 5.74) is 1.92. The molecule has 98 valence electrons. The Kier molecular flexibility index (Phi) is 2.94. The van der Waals surface area contributed by atoms with Gasteiger partial charge in [0.05, 0.1) is 11.8 Å². The first kappa shape index (κ1) is 12.1. The average Bonchev–Trinajstić information content (AvgIpc) is 2.96. The van der Waals surface area contributed by atoms with E-state index in [2.05, 4.69) is 9.97 Å². The van der Waals surface area contributed by atoms with Crippen LogP contribution in [-0.4, -0.2) is 19.1 Å². The predicted octanol–water partition coefficient (Wildman–Crippen LogP) is 1.74. The normalized spacial score (nSPS) is 11.3. The van der Waals surface area contributed by atoms with Gasteiger partial charge in [-0.3, -0.25) is 9.36 Å². The minimum absolute atomic E-state index is 0.0392. The number of aryl methyl sites for hydroxylation is 4. The number of imidazole rings is 1. The topological polar surface area (TPSA) is 52.7 Å². The number of hydrogen-bond donors (Lipinski definition) is 0. The summed E-state index contributed by atoms with van der Waals surface area (Å²) < 4.78 is 4.36. The maximum atomic E-state index is 12.3. The number of nitrogens with zero attached hydrogens (tertiary/aromatic N) is 4. The lowest BCUT2D eigenvalue weighted by molar-refractivity contribution is 0.627. The summed E-state index contributed by atoms with van der Waals surface area (Å²) in [4.78, 5) is 20.9. The summed E-state index contributed by atoms with van der Waals surface area (Å²) in [7, 11) is 1.95. The molecule has 0 radical (unpaired) electrons. The van der Waals surface area contributed by atoms with Gasteiger partial charge in [0, 0.05) is 32.4 Å². The van der Waals surface area contributed by atoms with Crippen LogP contribution in [0, 0.1) is 6.92 Å². The molecule has 0 saturated heterocycles. The summed E-state index contributed by atoms with van der Waals surface area (Å²) in [6.07, 6.45) is 6.03. The van der Waals surface area contributed by atoms with Crippen LogP contribution in [0.3, 0.4) is 0 Å². The third-order valence-corrected chi connectivity index (χ3v) is 4.30. The molecule has 3 aromatic rings. The summed E-state index contributed by atoms with van der Waals surface area (Å²) >= 11 is 1.46. The van der Waals surface area contributed by atoms with E-state index in [0.29, 0.717) is 6.54 Å². The third kappa shape index (κ3) is 2.08. The van der Waals surface area contributed by atoms with Crippen molar-refractivity contribution >= 4 is 21.6 Å². The maximum Gasteiger partial charge on any atom is 0.271 e. The van der Waals surface area contributed by atoms with Gasteiger partial charge in [0.15, 0.2) is 0 Å². The van der Waals surface area contributed by atoms with Crippen molar-refractivity contribution < 1.29 is 0 Å². The third-order valence-electron chi connectivity index (χ3n) is 3.22. The molecule has 0 aliphatic carbocycles. The number of thiophene rings is 1. The second-order valence-electron chi connectivity index (χ2n) is 4.54. The molecule has 0 aliphatic rings. The molecule has 0 fully saturated rings. The van der Waals surface area contributed by atoms with Gasteiger partial charge in [-0.2, -0.15) is 0 Å². The van der Waals surface area contributed by atoms with Crippen LogP contribution in [0.25, 0.3) is 10.2 Å². The van der Waals surface area contributed by atoms with E-state index in [1.807, 2.05) is 30.1 Å². The molecule has 3 rings (SSSR count). The Morgan fingerprint density at radius 2 is 2.21 bits per heavy atom. The van der Waals surface area contributed by atoms with Gasteiger partial charge in [0.2, 0.25) is 0 Å². The van der Waals surface area contributed by atoms with E-state index in [-0.39, 0.29) is 5.56 Å². The smallest absolute Gasteiger partial charge is 0.271 e. The van der Waals surface area contributed by atoms with Crippen molar-refractivity contribution in [3.05, 3.63) is 45.8 Å². The minimum atomic E-state index is 0.0392. The molecule has 3 heterocycles. The molecule has 0 spiro atoms. The van der Waals surface area contributed by atoms with E-state index in [0.717, 1.165) is 28.0 Å². The molecular weight excluding hydrogens is 260 g/mol. The quantitative estimate of drug-likeness (QED) is 0.731. The van der Waals surface area contributed by atoms with Crippen LogP contribution >= 0.6 is 11.3 Å². The van der Waals surface area contributed by atoms with Crippen molar-refractivity contribution in [2.24, 2.45) is 7.05 Å². The summed E-state index contributed by atoms with van der Waals surface area (Å²) in [6, 6.07) is 0. The lowest BCUT2D eigenvalue weighted by Gasteiger charge is -2.05. The van der Waals surface area contributed by atoms with E-state index >= 15 is 0 Å². The van der Waals surface area contributed by atoms with Crippen LogP contribution in [0.5, 0.6) is 0 Å². The molecule has 0 amide bonds. The van der Waals surface area contributed by atoms with Gasteiger partial charge in [-0.25, -0.2) is 9.97 Å². The minimum Gasteiger partial charge on any atom is -0.338 e. The van der Waals surface area contributed by atoms with Gasteiger partial charge >= 0.3 is 0 Å². The molecule has 0 atom stereocenters. The van der Waals surface area contributed by atoms with Crippen LogP contribution in [0.2, 0.25) is 0 Å². The van der Waals surface area contributed by atoms with Crippen molar-refractivity contribution in [2.75, 3.05) is 0 Å². The van der Waals surface area contributed by atoms with Gasteiger partial charge in [-0.05, 0) is 17.9 Å². The van der Waals surface area contributed by atoms with Crippen molar-refractivity contribution in [3.8, 4) is 0 Å². The highest BCUT2D eigenvalue weighted by atomic mass is 32.1. The summed E-state index contributed by atoms with van der Waals surface area (Å²) in [5.74, 6) is 0.967. The summed E-state index contributed by atoms with van der Waals surface area (Å²) in [5, 5.41) is 1.97. The SMILES string of the molecule is Cc1csc2c(=O)n(CCc3nccn3C)cnc12. The molecule has 5 nitrogen and oxygen atoms in total. The Balaban J connectivity index is 1.91. The van der Waals surface area contributed by atoms with Gasteiger partial charge in [0.1, 0.15) is 10.5 Å². The monoisotopic (exact) mass is 274 g/mol. The second-order valence-corrected chi connectivity index (χ2v) is 5.42. The molecule has 0 saturated carbocycles. The zero-order valence-corrected chi connectivity index (χ0v) is 11.6. The van der Waals surface area contributed by atoms with Crippen LogP contribution in [-0.2, 0) is 20.0 Å². The lowest BCUT2D eigenvalue weighted by Crippen LogP contribution is -2.21. The fraction of sp³-hybridized carbons (Fsp3) is 0.308. The van der Waals surface area contributed by atoms with Gasteiger partial charge in [0.25, 0.3) is 5.56 Å². The molecule has 3 aromatic heterocycles. The van der Waals surface area contributed by atoms with E-state index in [1.54, 1.807) is 17.1 Å². The zero-order chi connectivity index (χ0) is 13.4. The molecule has 0 bridgehead atoms. The van der Waals surface area contributed by atoms with Crippen LogP contribution < -0.4 is 5.56 Å². The molecule has 0 unspecified atom stereocenters. The Morgan fingerprint density at radius 1 is 1.37 bits per heavy atom. The van der Waals surface area contributed by atoms with E-state index < -0.39 is 0 Å². The van der Waals surface area contributed by atoms with Crippen LogP contribution in [0.15, 0.2) is 28.9 Å². The van der Waals surface area contributed by atoms with Crippen molar-refractivity contribution in [3.63, 3.8) is 0 Å². The first-order valence-corrected chi connectivity index (χ1v) is 6.94. The van der Waals surface area contributed by atoms with E-state index in [4.69, 9.17) is 0 Å². The van der Waals surface area contributed by atoms with E-state index in [1.165, 1.54) is 11.3 Å². The number of hydrogen-bond acceptors (Lipinski definition) is 4. The largest absolute Gasteiger partial charge is 0.338 e. The van der Waals surface area contributed by atoms with Crippen molar-refractivity contribution in [2.45, 2.75) is 19.9 Å². The molecule has 0 aromatic carbocycles. The molecule has 0 N–H and O–H groups in total. The lowest BCUT2D eigenvalue weighted by atomic mass is 10.3. The fourth-order valence-electron chi connectivity index (χ4n) is 2.08. The molecular formula is C13H14N4OS. The Labute approximate surface area is 114 Å². The van der Waals surface area contributed by atoms with E-state index in [9.17, 15) is 4.79 Å². The van der Waals surface area contributed by atoms with Crippen LogP contribution in [0.1, 0.15) is 11.4 Å². The average molecular weight is 274 g/mol. The van der Waals surface area contributed by atoms with Crippen molar-refractivity contribution in [1.29, 1.82) is 0 Å². The zero-order valence-electron chi connectivity index (χ0n) is 10.8. The predicted molar refractivity (Wildman–Crippen MR) is 75.5 cm³/mol. The highest BCUT2D eigenvalue weighted by Gasteiger charge is 2.09. The van der Waals surface area contributed by atoms with Crippen molar-refractivity contribution in [1.82, 2.24) is 19.1 Å². The maximum absolute atomic E-state index is 12.3. The Hall–Kier alpha value is -1.95. The Morgan fingerprint density at radius 3 is 2.95 bits per heavy atom. The van der Waals surface area contributed by atoms with Gasteiger partial charge in [-0.1, -0.05) is 0 Å². The van der Waals surface area contributed by atoms with Gasteiger partial charge in [-0.15, -0.1) is 11.3 Å². The highest BCUT2D eigenvalue weighted by Crippen LogP contribution is 2.19. The fourth-order valence-corrected chi connectivity index (χ4v) is 3.03. The summed E-state index contributed by atoms with van der Waals surface area (Å²) in [6.45, 7) is 2.58.